The van der Waals surface area contributed by atoms with Crippen LogP contribution in [-0.4, -0.2) is 26.2 Å². The molecule has 0 bridgehead atoms. The van der Waals surface area contributed by atoms with Crippen molar-refractivity contribution in [3.8, 4) is 5.75 Å². The van der Waals surface area contributed by atoms with Gasteiger partial charge >= 0.3 is 5.97 Å². The van der Waals surface area contributed by atoms with Crippen LogP contribution in [0.15, 0.2) is 18.2 Å². The predicted molar refractivity (Wildman–Crippen MR) is 120 cm³/mol. The zero-order valence-corrected chi connectivity index (χ0v) is 18.2. The molecule has 1 aromatic carbocycles. The SMILES string of the molecule is O=C(O)CCCCc1nc(NCc2ccc(O)c(Cl)c2)c2c3c(sc2n1)CCCC3. The number of benzene rings is 1. The number of aryl methyl sites for hydroxylation is 3. The van der Waals surface area contributed by atoms with Gasteiger partial charge in [0, 0.05) is 24.3 Å². The first kappa shape index (κ1) is 20.9. The molecule has 6 nitrogen and oxygen atoms in total. The molecule has 3 aromatic rings. The second-order valence-corrected chi connectivity index (χ2v) is 9.11. The van der Waals surface area contributed by atoms with Crippen molar-refractivity contribution in [2.45, 2.75) is 57.9 Å². The van der Waals surface area contributed by atoms with Gasteiger partial charge in [-0.05, 0) is 61.8 Å². The molecule has 0 unspecified atom stereocenters. The molecule has 158 valence electrons. The number of anilines is 1. The number of carboxylic acid groups (broad SMARTS) is 1. The zero-order valence-electron chi connectivity index (χ0n) is 16.6. The number of nitrogens with zero attached hydrogens (tertiary/aromatic N) is 2. The molecular weight excluding hydrogens is 422 g/mol. The van der Waals surface area contributed by atoms with Crippen LogP contribution in [0.2, 0.25) is 5.02 Å². The molecule has 2 aromatic heterocycles. The van der Waals surface area contributed by atoms with Crippen LogP contribution in [0.5, 0.6) is 5.75 Å². The van der Waals surface area contributed by atoms with Gasteiger partial charge in [0.2, 0.25) is 0 Å². The molecule has 0 spiro atoms. The van der Waals surface area contributed by atoms with Crippen LogP contribution >= 0.6 is 22.9 Å². The van der Waals surface area contributed by atoms with Crippen molar-refractivity contribution in [1.29, 1.82) is 0 Å². The Morgan fingerprint density at radius 3 is 2.83 bits per heavy atom. The number of fused-ring (bicyclic) bond motifs is 3. The summed E-state index contributed by atoms with van der Waals surface area (Å²) < 4.78 is 0. The van der Waals surface area contributed by atoms with Gasteiger partial charge in [-0.15, -0.1) is 11.3 Å². The molecule has 1 aliphatic carbocycles. The largest absolute Gasteiger partial charge is 0.506 e. The van der Waals surface area contributed by atoms with E-state index < -0.39 is 5.97 Å². The lowest BCUT2D eigenvalue weighted by Crippen LogP contribution is -2.07. The Hall–Kier alpha value is -2.38. The second-order valence-electron chi connectivity index (χ2n) is 7.62. The highest BCUT2D eigenvalue weighted by atomic mass is 35.5. The Kier molecular flexibility index (Phi) is 6.39. The van der Waals surface area contributed by atoms with E-state index in [0.29, 0.717) is 24.4 Å². The van der Waals surface area contributed by atoms with Gasteiger partial charge < -0.3 is 15.5 Å². The lowest BCUT2D eigenvalue weighted by Gasteiger charge is -2.14. The molecule has 0 fully saturated rings. The van der Waals surface area contributed by atoms with Crippen LogP contribution in [0.25, 0.3) is 10.2 Å². The Balaban J connectivity index is 1.61. The van der Waals surface area contributed by atoms with Crippen molar-refractivity contribution in [1.82, 2.24) is 9.97 Å². The lowest BCUT2D eigenvalue weighted by molar-refractivity contribution is -0.137. The first-order valence-corrected chi connectivity index (χ1v) is 11.4. The van der Waals surface area contributed by atoms with Crippen LogP contribution in [0.3, 0.4) is 0 Å². The van der Waals surface area contributed by atoms with Gasteiger partial charge in [0.15, 0.2) is 0 Å². The molecule has 0 atom stereocenters. The Morgan fingerprint density at radius 1 is 1.20 bits per heavy atom. The number of aliphatic carboxylic acids is 1. The standard InChI is InChI=1S/C22H24ClN3O3S/c23-15-11-13(9-10-16(15)27)12-24-21-20-14-5-1-2-6-17(14)30-22(20)26-18(25-21)7-3-4-8-19(28)29/h9-11,27H,1-8,12H2,(H,28,29)(H,24,25,26). The minimum absolute atomic E-state index is 0.0698. The van der Waals surface area contributed by atoms with E-state index in [1.165, 1.54) is 23.3 Å². The molecule has 4 rings (SSSR count). The molecule has 8 heteroatoms. The van der Waals surface area contributed by atoms with Gasteiger partial charge in [-0.2, -0.15) is 0 Å². The number of unbranched alkanes of at least 4 members (excludes halogenated alkanes) is 1. The molecule has 0 aliphatic heterocycles. The van der Waals surface area contributed by atoms with E-state index in [4.69, 9.17) is 26.7 Å². The molecule has 30 heavy (non-hydrogen) atoms. The number of hydrogen-bond acceptors (Lipinski definition) is 6. The number of rotatable bonds is 8. The van der Waals surface area contributed by atoms with E-state index in [2.05, 4.69) is 5.32 Å². The third-order valence-corrected chi connectivity index (χ3v) is 6.86. The fourth-order valence-corrected chi connectivity index (χ4v) is 5.33. The lowest BCUT2D eigenvalue weighted by atomic mass is 9.97. The van der Waals surface area contributed by atoms with Crippen LogP contribution in [0, 0.1) is 0 Å². The summed E-state index contributed by atoms with van der Waals surface area (Å²) in [6, 6.07) is 5.18. The van der Waals surface area contributed by atoms with E-state index in [-0.39, 0.29) is 12.2 Å². The topological polar surface area (TPSA) is 95.3 Å². The monoisotopic (exact) mass is 445 g/mol. The number of hydrogen-bond donors (Lipinski definition) is 3. The van der Waals surface area contributed by atoms with E-state index in [1.54, 1.807) is 23.5 Å². The molecule has 0 saturated carbocycles. The summed E-state index contributed by atoms with van der Waals surface area (Å²) in [6.07, 6.45) is 6.73. The first-order chi connectivity index (χ1) is 14.5. The van der Waals surface area contributed by atoms with Crippen LogP contribution in [0.1, 0.15) is 53.9 Å². The number of nitrogens with one attached hydrogen (secondary N) is 1. The summed E-state index contributed by atoms with van der Waals surface area (Å²) in [5.74, 6) is 0.877. The summed E-state index contributed by atoms with van der Waals surface area (Å²) in [5.41, 5.74) is 2.32. The number of carboxylic acids is 1. The van der Waals surface area contributed by atoms with Crippen LogP contribution in [-0.2, 0) is 30.6 Å². The minimum Gasteiger partial charge on any atom is -0.506 e. The number of aromatic hydroxyl groups is 1. The zero-order chi connectivity index (χ0) is 21.1. The molecule has 0 saturated heterocycles. The molecule has 1 aliphatic rings. The maximum Gasteiger partial charge on any atom is 0.303 e. The number of phenolic OH excluding ortho intramolecular Hbond substituents is 1. The summed E-state index contributed by atoms with van der Waals surface area (Å²) in [4.78, 5) is 22.8. The average Bonchev–Trinajstić information content (AvgIpc) is 3.10. The van der Waals surface area contributed by atoms with Gasteiger partial charge in [0.1, 0.15) is 22.2 Å². The van der Waals surface area contributed by atoms with E-state index >= 15 is 0 Å². The molecule has 0 amide bonds. The smallest absolute Gasteiger partial charge is 0.303 e. The number of aromatic nitrogens is 2. The van der Waals surface area contributed by atoms with Gasteiger partial charge in [-0.25, -0.2) is 9.97 Å². The van der Waals surface area contributed by atoms with Gasteiger partial charge in [-0.1, -0.05) is 17.7 Å². The van der Waals surface area contributed by atoms with Crippen molar-refractivity contribution in [3.05, 3.63) is 45.1 Å². The second kappa shape index (κ2) is 9.18. The van der Waals surface area contributed by atoms with E-state index in [1.807, 2.05) is 6.07 Å². The fraction of sp³-hybridized carbons (Fsp3) is 0.409. The van der Waals surface area contributed by atoms with E-state index in [9.17, 15) is 9.90 Å². The van der Waals surface area contributed by atoms with Crippen molar-refractivity contribution in [2.75, 3.05) is 5.32 Å². The highest BCUT2D eigenvalue weighted by molar-refractivity contribution is 7.19. The maximum absolute atomic E-state index is 10.8. The normalized spacial score (nSPS) is 13.4. The fourth-order valence-electron chi connectivity index (χ4n) is 3.85. The highest BCUT2D eigenvalue weighted by Crippen LogP contribution is 2.39. The van der Waals surface area contributed by atoms with Crippen molar-refractivity contribution >= 4 is 44.9 Å². The van der Waals surface area contributed by atoms with E-state index in [0.717, 1.165) is 46.7 Å². The third-order valence-electron chi connectivity index (χ3n) is 5.37. The summed E-state index contributed by atoms with van der Waals surface area (Å²) in [6.45, 7) is 0.537. The Morgan fingerprint density at radius 2 is 2.03 bits per heavy atom. The van der Waals surface area contributed by atoms with Gasteiger partial charge in [0.25, 0.3) is 0 Å². The molecule has 3 N–H and O–H groups in total. The van der Waals surface area contributed by atoms with Gasteiger partial charge in [-0.3, -0.25) is 4.79 Å². The number of phenols is 1. The van der Waals surface area contributed by atoms with Crippen LogP contribution in [0.4, 0.5) is 5.82 Å². The molecule has 0 radical (unpaired) electrons. The minimum atomic E-state index is -0.771. The van der Waals surface area contributed by atoms with Crippen molar-refractivity contribution in [2.24, 2.45) is 0 Å². The third kappa shape index (κ3) is 4.68. The van der Waals surface area contributed by atoms with Crippen molar-refractivity contribution < 1.29 is 15.0 Å². The predicted octanol–water partition coefficient (Wildman–Crippen LogP) is 5.34. The molecular formula is C22H24ClN3O3S. The summed E-state index contributed by atoms with van der Waals surface area (Å²) in [7, 11) is 0. The Bertz CT molecular complexity index is 1080. The average molecular weight is 446 g/mol. The summed E-state index contributed by atoms with van der Waals surface area (Å²) in [5, 5.41) is 23.4. The number of carbonyl (C=O) groups is 1. The van der Waals surface area contributed by atoms with Gasteiger partial charge in [0.05, 0.1) is 10.4 Å². The quantitative estimate of drug-likeness (QED) is 0.405. The van der Waals surface area contributed by atoms with Crippen LogP contribution < -0.4 is 5.32 Å². The maximum atomic E-state index is 10.8. The number of thiophene rings is 1. The highest BCUT2D eigenvalue weighted by Gasteiger charge is 2.21. The Labute approximate surface area is 183 Å². The summed E-state index contributed by atoms with van der Waals surface area (Å²) >= 11 is 7.80. The molecule has 2 heterocycles. The first-order valence-electron chi connectivity index (χ1n) is 10.3. The number of halogens is 1. The van der Waals surface area contributed by atoms with Crippen molar-refractivity contribution in [3.63, 3.8) is 0 Å².